The zero-order chi connectivity index (χ0) is 16.4. The Bertz CT molecular complexity index is 824. The average molecular weight is 318 g/mol. The minimum atomic E-state index is 0.358. The molecule has 0 radical (unpaired) electrons. The third-order valence-corrected chi connectivity index (χ3v) is 4.83. The van der Waals surface area contributed by atoms with Gasteiger partial charge in [0.1, 0.15) is 5.75 Å². The molecular weight excluding hydrogens is 296 g/mol. The van der Waals surface area contributed by atoms with Crippen LogP contribution in [0.1, 0.15) is 5.56 Å². The molecule has 3 heteroatoms. The summed E-state index contributed by atoms with van der Waals surface area (Å²) in [6.07, 6.45) is 0. The molecular formula is C21H22N2O. The summed E-state index contributed by atoms with van der Waals surface area (Å²) in [6, 6.07) is 22.7. The molecule has 4 rings (SSSR count). The van der Waals surface area contributed by atoms with E-state index in [1.165, 1.54) is 11.3 Å². The van der Waals surface area contributed by atoms with Crippen LogP contribution in [-0.2, 0) is 6.54 Å². The van der Waals surface area contributed by atoms with Crippen molar-refractivity contribution in [3.63, 3.8) is 0 Å². The van der Waals surface area contributed by atoms with Crippen LogP contribution in [0.3, 0.4) is 0 Å². The zero-order valence-corrected chi connectivity index (χ0v) is 13.7. The third kappa shape index (κ3) is 3.08. The molecule has 3 nitrogen and oxygen atoms in total. The number of hydrogen-bond acceptors (Lipinski definition) is 3. The molecule has 0 bridgehead atoms. The Kier molecular flexibility index (Phi) is 4.09. The van der Waals surface area contributed by atoms with Gasteiger partial charge in [-0.15, -0.1) is 0 Å². The van der Waals surface area contributed by atoms with Gasteiger partial charge in [0.2, 0.25) is 0 Å². The van der Waals surface area contributed by atoms with Gasteiger partial charge in [0.05, 0.1) is 0 Å². The minimum Gasteiger partial charge on any atom is -0.507 e. The summed E-state index contributed by atoms with van der Waals surface area (Å²) in [5.74, 6) is 0.358. The highest BCUT2D eigenvalue weighted by molar-refractivity contribution is 5.90. The van der Waals surface area contributed by atoms with Crippen LogP contribution in [0, 0.1) is 0 Å². The SMILES string of the molecule is Oc1cccc2ccc(N3CCN(Cc4ccccc4)CC3)cc12. The lowest BCUT2D eigenvalue weighted by Gasteiger charge is -2.36. The van der Waals surface area contributed by atoms with Crippen molar-refractivity contribution >= 4 is 16.5 Å². The van der Waals surface area contributed by atoms with Crippen LogP contribution in [0.4, 0.5) is 5.69 Å². The fourth-order valence-electron chi connectivity index (χ4n) is 3.45. The number of benzene rings is 3. The van der Waals surface area contributed by atoms with Gasteiger partial charge in [-0.1, -0.05) is 48.5 Å². The van der Waals surface area contributed by atoms with E-state index in [0.29, 0.717) is 5.75 Å². The van der Waals surface area contributed by atoms with E-state index in [2.05, 4.69) is 58.3 Å². The van der Waals surface area contributed by atoms with Gasteiger partial charge < -0.3 is 10.0 Å². The maximum Gasteiger partial charge on any atom is 0.123 e. The molecule has 1 aliphatic rings. The van der Waals surface area contributed by atoms with E-state index in [-0.39, 0.29) is 0 Å². The third-order valence-electron chi connectivity index (χ3n) is 4.83. The van der Waals surface area contributed by atoms with Crippen molar-refractivity contribution in [1.29, 1.82) is 0 Å². The van der Waals surface area contributed by atoms with Gasteiger partial charge in [-0.05, 0) is 29.1 Å². The van der Waals surface area contributed by atoms with E-state index >= 15 is 0 Å². The fraction of sp³-hybridized carbons (Fsp3) is 0.238. The van der Waals surface area contributed by atoms with Crippen molar-refractivity contribution in [2.24, 2.45) is 0 Å². The molecule has 3 aromatic rings. The van der Waals surface area contributed by atoms with Crippen LogP contribution in [0.5, 0.6) is 5.75 Å². The molecule has 1 saturated heterocycles. The number of rotatable bonds is 3. The first-order chi connectivity index (χ1) is 11.8. The first kappa shape index (κ1) is 15.0. The Labute approximate surface area is 142 Å². The molecule has 0 aromatic heterocycles. The molecule has 0 atom stereocenters. The monoisotopic (exact) mass is 318 g/mol. The van der Waals surface area contributed by atoms with Crippen LogP contribution >= 0.6 is 0 Å². The number of aromatic hydroxyl groups is 1. The van der Waals surface area contributed by atoms with Crippen molar-refractivity contribution in [3.8, 4) is 5.75 Å². The molecule has 3 aromatic carbocycles. The summed E-state index contributed by atoms with van der Waals surface area (Å²) in [5, 5.41) is 12.1. The Morgan fingerprint density at radius 2 is 1.58 bits per heavy atom. The molecule has 0 aliphatic carbocycles. The van der Waals surface area contributed by atoms with Crippen molar-refractivity contribution in [2.75, 3.05) is 31.1 Å². The van der Waals surface area contributed by atoms with Crippen molar-refractivity contribution in [1.82, 2.24) is 4.90 Å². The smallest absolute Gasteiger partial charge is 0.123 e. The molecule has 24 heavy (non-hydrogen) atoms. The minimum absolute atomic E-state index is 0.358. The molecule has 0 saturated carbocycles. The number of piperazine rings is 1. The number of hydrogen-bond donors (Lipinski definition) is 1. The predicted octanol–water partition coefficient (Wildman–Crippen LogP) is 3.87. The molecule has 122 valence electrons. The second-order valence-corrected chi connectivity index (χ2v) is 6.43. The normalized spacial score (nSPS) is 15.8. The largest absolute Gasteiger partial charge is 0.507 e. The number of anilines is 1. The number of phenols is 1. The van der Waals surface area contributed by atoms with Crippen molar-refractivity contribution in [2.45, 2.75) is 6.54 Å². The molecule has 1 aliphatic heterocycles. The summed E-state index contributed by atoms with van der Waals surface area (Å²) in [7, 11) is 0. The van der Waals surface area contributed by atoms with E-state index < -0.39 is 0 Å². The predicted molar refractivity (Wildman–Crippen MR) is 99.5 cm³/mol. The van der Waals surface area contributed by atoms with Gasteiger partial charge in [-0.25, -0.2) is 0 Å². The van der Waals surface area contributed by atoms with E-state index in [1.54, 1.807) is 6.07 Å². The maximum absolute atomic E-state index is 10.1. The van der Waals surface area contributed by atoms with Gasteiger partial charge in [0.25, 0.3) is 0 Å². The lowest BCUT2D eigenvalue weighted by Crippen LogP contribution is -2.45. The van der Waals surface area contributed by atoms with E-state index in [0.717, 1.165) is 43.5 Å². The number of fused-ring (bicyclic) bond motifs is 1. The molecule has 1 heterocycles. The summed E-state index contributed by atoms with van der Waals surface area (Å²) in [4.78, 5) is 4.91. The van der Waals surface area contributed by atoms with Crippen molar-refractivity contribution in [3.05, 3.63) is 72.3 Å². The Balaban J connectivity index is 1.45. The number of nitrogens with zero attached hydrogens (tertiary/aromatic N) is 2. The summed E-state index contributed by atoms with van der Waals surface area (Å²) in [6.45, 7) is 5.19. The Hall–Kier alpha value is -2.52. The van der Waals surface area contributed by atoms with Crippen LogP contribution in [0.25, 0.3) is 10.8 Å². The number of phenolic OH excluding ortho intramolecular Hbond substituents is 1. The average Bonchev–Trinajstić information content (AvgIpc) is 2.63. The van der Waals surface area contributed by atoms with Gasteiger partial charge in [-0.3, -0.25) is 4.90 Å². The summed E-state index contributed by atoms with van der Waals surface area (Å²) < 4.78 is 0. The Morgan fingerprint density at radius 3 is 2.38 bits per heavy atom. The quantitative estimate of drug-likeness (QED) is 0.794. The summed E-state index contributed by atoms with van der Waals surface area (Å²) in [5.41, 5.74) is 2.57. The van der Waals surface area contributed by atoms with Gasteiger partial charge in [0, 0.05) is 43.8 Å². The van der Waals surface area contributed by atoms with E-state index in [1.807, 2.05) is 12.1 Å². The Morgan fingerprint density at radius 1 is 0.792 bits per heavy atom. The second-order valence-electron chi connectivity index (χ2n) is 6.43. The van der Waals surface area contributed by atoms with Gasteiger partial charge in [-0.2, -0.15) is 0 Å². The van der Waals surface area contributed by atoms with Crippen molar-refractivity contribution < 1.29 is 5.11 Å². The molecule has 1 N–H and O–H groups in total. The molecule has 0 amide bonds. The van der Waals surface area contributed by atoms with E-state index in [4.69, 9.17) is 0 Å². The first-order valence-corrected chi connectivity index (χ1v) is 8.52. The topological polar surface area (TPSA) is 26.7 Å². The lowest BCUT2D eigenvalue weighted by molar-refractivity contribution is 0.250. The molecule has 1 fully saturated rings. The zero-order valence-electron chi connectivity index (χ0n) is 13.7. The molecule has 0 unspecified atom stereocenters. The standard InChI is InChI=1S/C21H22N2O/c24-21-8-4-7-18-9-10-19(15-20(18)21)23-13-11-22(12-14-23)16-17-5-2-1-3-6-17/h1-10,15,24H,11-14,16H2. The van der Waals surface area contributed by atoms with Crippen LogP contribution in [0.15, 0.2) is 66.7 Å². The fourth-order valence-corrected chi connectivity index (χ4v) is 3.45. The van der Waals surface area contributed by atoms with E-state index in [9.17, 15) is 5.11 Å². The van der Waals surface area contributed by atoms with Gasteiger partial charge >= 0.3 is 0 Å². The van der Waals surface area contributed by atoms with Gasteiger partial charge in [0.15, 0.2) is 0 Å². The highest BCUT2D eigenvalue weighted by atomic mass is 16.3. The first-order valence-electron chi connectivity index (χ1n) is 8.52. The summed E-state index contributed by atoms with van der Waals surface area (Å²) >= 11 is 0. The van der Waals surface area contributed by atoms with Crippen LogP contribution < -0.4 is 4.90 Å². The molecule has 0 spiro atoms. The van der Waals surface area contributed by atoms with Crippen LogP contribution in [-0.4, -0.2) is 36.2 Å². The highest BCUT2D eigenvalue weighted by Crippen LogP contribution is 2.29. The highest BCUT2D eigenvalue weighted by Gasteiger charge is 2.17. The second kappa shape index (κ2) is 6.54. The maximum atomic E-state index is 10.1. The lowest BCUT2D eigenvalue weighted by atomic mass is 10.1. The van der Waals surface area contributed by atoms with Crippen LogP contribution in [0.2, 0.25) is 0 Å².